The van der Waals surface area contributed by atoms with Crippen LogP contribution >= 0.6 is 11.3 Å². The summed E-state index contributed by atoms with van der Waals surface area (Å²) in [7, 11) is 0. The van der Waals surface area contributed by atoms with Crippen LogP contribution in [0.1, 0.15) is 5.56 Å². The van der Waals surface area contributed by atoms with Crippen LogP contribution in [0, 0.1) is 10.1 Å². The van der Waals surface area contributed by atoms with Crippen LogP contribution < -0.4 is 4.74 Å². The Balaban J connectivity index is 1.91. The van der Waals surface area contributed by atoms with Gasteiger partial charge in [-0.05, 0) is 36.4 Å². The van der Waals surface area contributed by atoms with Gasteiger partial charge in [0.1, 0.15) is 10.8 Å². The predicted octanol–water partition coefficient (Wildman–Crippen LogP) is 5.24. The minimum Gasteiger partial charge on any atom is -0.493 e. The Morgan fingerprint density at radius 2 is 1.85 bits per heavy atom. The van der Waals surface area contributed by atoms with Crippen molar-refractivity contribution in [2.75, 3.05) is 0 Å². The predicted molar refractivity (Wildman–Crippen MR) is 87.4 cm³/mol. The molecule has 6 nitrogen and oxygen atoms in total. The molecule has 0 atom stereocenters. The van der Waals surface area contributed by atoms with E-state index in [4.69, 9.17) is 4.74 Å². The number of aromatic hydroxyl groups is 1. The topological polar surface area (TPSA) is 85.5 Å². The first-order valence-electron chi connectivity index (χ1n) is 7.02. The van der Waals surface area contributed by atoms with Gasteiger partial charge < -0.3 is 9.84 Å². The van der Waals surface area contributed by atoms with Crippen molar-refractivity contribution in [2.24, 2.45) is 0 Å². The fourth-order valence-electron chi connectivity index (χ4n) is 2.12. The molecule has 10 heteroatoms. The van der Waals surface area contributed by atoms with Crippen molar-refractivity contribution in [1.82, 2.24) is 4.98 Å². The average Bonchev–Trinajstić information content (AvgIpc) is 3.01. The number of thiazole rings is 1. The normalized spacial score (nSPS) is 11.3. The third kappa shape index (κ3) is 3.75. The lowest BCUT2D eigenvalue weighted by Gasteiger charge is -2.09. The molecular weight excluding hydrogens is 373 g/mol. The summed E-state index contributed by atoms with van der Waals surface area (Å²) in [6, 6.07) is 7.87. The molecule has 3 rings (SSSR count). The van der Waals surface area contributed by atoms with Gasteiger partial charge in [0.15, 0.2) is 0 Å². The molecule has 134 valence electrons. The zero-order valence-electron chi connectivity index (χ0n) is 12.7. The number of alkyl halides is 3. The van der Waals surface area contributed by atoms with Crippen molar-refractivity contribution in [1.29, 1.82) is 0 Å². The second-order valence-electron chi connectivity index (χ2n) is 5.07. The largest absolute Gasteiger partial charge is 0.493 e. The molecule has 26 heavy (non-hydrogen) atoms. The SMILES string of the molecule is O=[N+]([O-])c1cc(-c2nc(O)cs2)ccc1Oc1ccc(C(F)(F)F)cc1. The maximum Gasteiger partial charge on any atom is 0.416 e. The molecule has 1 N–H and O–H groups in total. The molecule has 0 saturated carbocycles. The number of hydrogen-bond acceptors (Lipinski definition) is 6. The second kappa shape index (κ2) is 6.64. The molecule has 1 heterocycles. The highest BCUT2D eigenvalue weighted by atomic mass is 32.1. The van der Waals surface area contributed by atoms with Gasteiger partial charge in [-0.1, -0.05) is 0 Å². The lowest BCUT2D eigenvalue weighted by molar-refractivity contribution is -0.385. The van der Waals surface area contributed by atoms with Gasteiger partial charge in [-0.3, -0.25) is 10.1 Å². The van der Waals surface area contributed by atoms with E-state index < -0.39 is 16.7 Å². The van der Waals surface area contributed by atoms with Gasteiger partial charge >= 0.3 is 11.9 Å². The molecule has 0 aliphatic heterocycles. The summed E-state index contributed by atoms with van der Waals surface area (Å²) in [6.45, 7) is 0. The number of hydrogen-bond donors (Lipinski definition) is 1. The highest BCUT2D eigenvalue weighted by Crippen LogP contribution is 2.37. The molecule has 1 aromatic heterocycles. The molecule has 2 aromatic carbocycles. The van der Waals surface area contributed by atoms with Crippen molar-refractivity contribution in [2.45, 2.75) is 6.18 Å². The zero-order valence-corrected chi connectivity index (χ0v) is 13.5. The van der Waals surface area contributed by atoms with E-state index in [1.54, 1.807) is 0 Å². The lowest BCUT2D eigenvalue weighted by atomic mass is 10.2. The Labute approximate surface area is 148 Å². The number of nitro benzene ring substituents is 1. The van der Waals surface area contributed by atoms with Crippen LogP contribution in [0.5, 0.6) is 17.4 Å². The van der Waals surface area contributed by atoms with Crippen LogP contribution in [0.3, 0.4) is 0 Å². The summed E-state index contributed by atoms with van der Waals surface area (Å²) < 4.78 is 43.1. The smallest absolute Gasteiger partial charge is 0.416 e. The van der Waals surface area contributed by atoms with Crippen molar-refractivity contribution in [3.05, 3.63) is 63.5 Å². The molecule has 0 aliphatic rings. The van der Waals surface area contributed by atoms with Gasteiger partial charge in [0.05, 0.1) is 15.9 Å². The third-order valence-electron chi connectivity index (χ3n) is 3.30. The van der Waals surface area contributed by atoms with E-state index in [1.807, 2.05) is 0 Å². The Hall–Kier alpha value is -3.14. The summed E-state index contributed by atoms with van der Waals surface area (Å²) in [6.07, 6.45) is -4.48. The molecule has 0 bridgehead atoms. The molecule has 0 unspecified atom stereocenters. The van der Waals surface area contributed by atoms with E-state index >= 15 is 0 Å². The third-order valence-corrected chi connectivity index (χ3v) is 4.18. The van der Waals surface area contributed by atoms with E-state index in [9.17, 15) is 28.4 Å². The summed E-state index contributed by atoms with van der Waals surface area (Å²) in [4.78, 5) is 14.5. The monoisotopic (exact) mass is 382 g/mol. The number of benzene rings is 2. The van der Waals surface area contributed by atoms with Crippen LogP contribution in [0.15, 0.2) is 47.8 Å². The molecule has 3 aromatic rings. The average molecular weight is 382 g/mol. The van der Waals surface area contributed by atoms with Crippen LogP contribution in [0.2, 0.25) is 0 Å². The van der Waals surface area contributed by atoms with Crippen molar-refractivity contribution >= 4 is 17.0 Å². The lowest BCUT2D eigenvalue weighted by Crippen LogP contribution is -2.04. The van der Waals surface area contributed by atoms with Crippen LogP contribution in [0.25, 0.3) is 10.6 Å². The zero-order chi connectivity index (χ0) is 18.9. The van der Waals surface area contributed by atoms with E-state index in [0.29, 0.717) is 10.6 Å². The van der Waals surface area contributed by atoms with Gasteiger partial charge in [0, 0.05) is 11.6 Å². The number of rotatable bonds is 4. The molecule has 0 amide bonds. The van der Waals surface area contributed by atoms with Crippen LogP contribution in [-0.4, -0.2) is 15.0 Å². The second-order valence-corrected chi connectivity index (χ2v) is 5.93. The van der Waals surface area contributed by atoms with Crippen molar-refractivity contribution < 1.29 is 27.9 Å². The van der Waals surface area contributed by atoms with E-state index in [0.717, 1.165) is 35.6 Å². The molecular formula is C16H9F3N2O4S. The number of nitrogens with zero attached hydrogens (tertiary/aromatic N) is 2. The number of aromatic nitrogens is 1. The van der Waals surface area contributed by atoms with Gasteiger partial charge in [0.25, 0.3) is 0 Å². The Morgan fingerprint density at radius 1 is 1.15 bits per heavy atom. The summed E-state index contributed by atoms with van der Waals surface area (Å²) in [5, 5.41) is 22.3. The number of halogens is 3. The number of ether oxygens (including phenoxy) is 1. The van der Waals surface area contributed by atoms with Gasteiger partial charge in [-0.15, -0.1) is 11.3 Å². The van der Waals surface area contributed by atoms with Gasteiger partial charge in [-0.2, -0.15) is 13.2 Å². The van der Waals surface area contributed by atoms with Crippen LogP contribution in [0.4, 0.5) is 18.9 Å². The Morgan fingerprint density at radius 3 is 2.38 bits per heavy atom. The fraction of sp³-hybridized carbons (Fsp3) is 0.0625. The fourth-order valence-corrected chi connectivity index (χ4v) is 2.80. The first kappa shape index (κ1) is 17.7. The Bertz CT molecular complexity index is 955. The summed E-state index contributed by atoms with van der Waals surface area (Å²) in [5.74, 6) is -0.294. The highest BCUT2D eigenvalue weighted by Gasteiger charge is 2.30. The quantitative estimate of drug-likeness (QED) is 0.493. The minimum absolute atomic E-state index is 0.0285. The maximum absolute atomic E-state index is 12.6. The summed E-state index contributed by atoms with van der Waals surface area (Å²) in [5.41, 5.74) is -0.822. The first-order chi connectivity index (χ1) is 12.2. The molecule has 0 spiro atoms. The summed E-state index contributed by atoms with van der Waals surface area (Å²) >= 11 is 1.11. The van der Waals surface area contributed by atoms with Gasteiger partial charge in [-0.25, -0.2) is 4.98 Å². The maximum atomic E-state index is 12.6. The van der Waals surface area contributed by atoms with Crippen LogP contribution in [-0.2, 0) is 6.18 Å². The standard InChI is InChI=1S/C16H9F3N2O4S/c17-16(18,19)10-2-4-11(5-3-10)25-13-6-1-9(7-12(13)21(23)24)15-20-14(22)8-26-15/h1-8,22H. The first-order valence-corrected chi connectivity index (χ1v) is 7.90. The molecule has 0 aliphatic carbocycles. The van der Waals surface area contributed by atoms with Crippen molar-refractivity contribution in [3.8, 4) is 28.0 Å². The molecule has 0 fully saturated rings. The minimum atomic E-state index is -4.48. The van der Waals surface area contributed by atoms with E-state index in [2.05, 4.69) is 4.98 Å². The molecule has 0 saturated heterocycles. The highest BCUT2D eigenvalue weighted by molar-refractivity contribution is 7.13. The Kier molecular flexibility index (Phi) is 4.51. The van der Waals surface area contributed by atoms with E-state index in [-0.39, 0.29) is 23.1 Å². The van der Waals surface area contributed by atoms with E-state index in [1.165, 1.54) is 23.6 Å². The van der Waals surface area contributed by atoms with Gasteiger partial charge in [0.2, 0.25) is 11.6 Å². The van der Waals surface area contributed by atoms with Crippen molar-refractivity contribution in [3.63, 3.8) is 0 Å². The number of nitro groups is 1. The molecule has 0 radical (unpaired) electrons.